The first-order chi connectivity index (χ1) is 9.72. The topological polar surface area (TPSA) is 75.6 Å². The quantitative estimate of drug-likeness (QED) is 0.540. The Labute approximate surface area is 127 Å². The molecule has 0 saturated carbocycles. The zero-order chi connectivity index (χ0) is 15.9. The average Bonchev–Trinajstić information content (AvgIpc) is 2.41. The van der Waals surface area contributed by atoms with Gasteiger partial charge in [0, 0.05) is 5.54 Å². The second-order valence-electron chi connectivity index (χ2n) is 5.80. The van der Waals surface area contributed by atoms with Crippen LogP contribution in [0.1, 0.15) is 32.3 Å². The van der Waals surface area contributed by atoms with Crippen molar-refractivity contribution in [3.8, 4) is 5.75 Å². The number of methoxy groups -OCH3 is 1. The molecule has 0 radical (unpaired) electrons. The molecule has 0 spiro atoms. The van der Waals surface area contributed by atoms with Gasteiger partial charge >= 0.3 is 0 Å². The highest BCUT2D eigenvalue weighted by Crippen LogP contribution is 2.16. The zero-order valence-corrected chi connectivity index (χ0v) is 13.7. The summed E-state index contributed by atoms with van der Waals surface area (Å²) < 4.78 is 35.1. The molecule has 0 aliphatic rings. The standard InChI is InChI=1S/C15H25NO4S/c1-15(2,16-11-4-12-21(17,18)19)10-9-13-5-7-14(20-3)8-6-13/h5-8,16H,4,9-12H2,1-3H3,(H,17,18,19). The monoisotopic (exact) mass is 315 g/mol. The third kappa shape index (κ3) is 8.04. The molecule has 0 atom stereocenters. The molecule has 0 unspecified atom stereocenters. The number of rotatable bonds is 9. The van der Waals surface area contributed by atoms with Crippen molar-refractivity contribution < 1.29 is 17.7 Å². The zero-order valence-electron chi connectivity index (χ0n) is 12.9. The lowest BCUT2D eigenvalue weighted by Gasteiger charge is -2.26. The molecular formula is C15H25NO4S. The largest absolute Gasteiger partial charge is 0.497 e. The van der Waals surface area contributed by atoms with E-state index in [1.165, 1.54) is 5.56 Å². The molecule has 5 nitrogen and oxygen atoms in total. The Balaban J connectivity index is 2.34. The van der Waals surface area contributed by atoms with Crippen LogP contribution in [0.2, 0.25) is 0 Å². The van der Waals surface area contributed by atoms with Gasteiger partial charge in [-0.25, -0.2) is 0 Å². The number of aryl methyl sites for hydroxylation is 1. The summed E-state index contributed by atoms with van der Waals surface area (Å²) in [6, 6.07) is 7.99. The van der Waals surface area contributed by atoms with Crippen LogP contribution in [0.15, 0.2) is 24.3 Å². The predicted molar refractivity (Wildman–Crippen MR) is 84.4 cm³/mol. The lowest BCUT2D eigenvalue weighted by Crippen LogP contribution is -2.40. The number of hydrogen-bond donors (Lipinski definition) is 2. The molecule has 0 aliphatic carbocycles. The van der Waals surface area contributed by atoms with Crippen LogP contribution in [0.25, 0.3) is 0 Å². The summed E-state index contributed by atoms with van der Waals surface area (Å²) in [5.74, 6) is 0.649. The lowest BCUT2D eigenvalue weighted by atomic mass is 9.95. The van der Waals surface area contributed by atoms with Gasteiger partial charge in [0.2, 0.25) is 0 Å². The van der Waals surface area contributed by atoms with Crippen LogP contribution in [-0.2, 0) is 16.5 Å². The van der Waals surface area contributed by atoms with Gasteiger partial charge < -0.3 is 10.1 Å². The smallest absolute Gasteiger partial charge is 0.264 e. The van der Waals surface area contributed by atoms with Crippen LogP contribution in [0.5, 0.6) is 5.75 Å². The Morgan fingerprint density at radius 1 is 1.24 bits per heavy atom. The van der Waals surface area contributed by atoms with E-state index in [9.17, 15) is 8.42 Å². The van der Waals surface area contributed by atoms with E-state index in [0.29, 0.717) is 13.0 Å². The van der Waals surface area contributed by atoms with E-state index < -0.39 is 10.1 Å². The highest BCUT2D eigenvalue weighted by molar-refractivity contribution is 7.85. The van der Waals surface area contributed by atoms with Gasteiger partial charge in [-0.2, -0.15) is 8.42 Å². The summed E-state index contributed by atoms with van der Waals surface area (Å²) in [5, 5.41) is 3.32. The number of nitrogens with one attached hydrogen (secondary N) is 1. The number of hydrogen-bond acceptors (Lipinski definition) is 4. The van der Waals surface area contributed by atoms with Crippen molar-refractivity contribution in [2.75, 3.05) is 19.4 Å². The van der Waals surface area contributed by atoms with E-state index in [1.807, 2.05) is 24.3 Å². The minimum atomic E-state index is -3.86. The third-order valence-electron chi connectivity index (χ3n) is 3.38. The van der Waals surface area contributed by atoms with Gasteiger partial charge in [0.05, 0.1) is 12.9 Å². The summed E-state index contributed by atoms with van der Waals surface area (Å²) in [6.45, 7) is 4.74. The van der Waals surface area contributed by atoms with E-state index in [0.717, 1.165) is 18.6 Å². The minimum absolute atomic E-state index is 0.0842. The molecule has 0 aromatic heterocycles. The lowest BCUT2D eigenvalue weighted by molar-refractivity contribution is 0.362. The molecule has 120 valence electrons. The molecule has 2 N–H and O–H groups in total. The van der Waals surface area contributed by atoms with Crippen LogP contribution < -0.4 is 10.1 Å². The van der Waals surface area contributed by atoms with Gasteiger partial charge in [0.25, 0.3) is 10.1 Å². The van der Waals surface area contributed by atoms with Crippen molar-refractivity contribution >= 4 is 10.1 Å². The second kappa shape index (κ2) is 7.77. The fourth-order valence-corrected chi connectivity index (χ4v) is 2.53. The van der Waals surface area contributed by atoms with Gasteiger partial charge in [-0.15, -0.1) is 0 Å². The van der Waals surface area contributed by atoms with E-state index in [-0.39, 0.29) is 11.3 Å². The first-order valence-corrected chi connectivity index (χ1v) is 8.66. The maximum atomic E-state index is 10.6. The van der Waals surface area contributed by atoms with Crippen molar-refractivity contribution in [2.24, 2.45) is 0 Å². The van der Waals surface area contributed by atoms with Crippen LogP contribution in [0.3, 0.4) is 0 Å². The van der Waals surface area contributed by atoms with Crippen molar-refractivity contribution in [1.82, 2.24) is 5.32 Å². The first-order valence-electron chi connectivity index (χ1n) is 7.05. The molecule has 0 saturated heterocycles. The fraction of sp³-hybridized carbons (Fsp3) is 0.600. The summed E-state index contributed by atoms with van der Waals surface area (Å²) in [7, 11) is -2.21. The average molecular weight is 315 g/mol. The Morgan fingerprint density at radius 2 is 1.86 bits per heavy atom. The molecule has 21 heavy (non-hydrogen) atoms. The predicted octanol–water partition coefficient (Wildman–Crippen LogP) is 2.27. The molecule has 6 heteroatoms. The van der Waals surface area contributed by atoms with Gasteiger partial charge in [-0.1, -0.05) is 12.1 Å². The molecule has 0 aliphatic heterocycles. The Bertz CT molecular complexity index is 523. The van der Waals surface area contributed by atoms with Gasteiger partial charge in [0.15, 0.2) is 0 Å². The van der Waals surface area contributed by atoms with E-state index >= 15 is 0 Å². The van der Waals surface area contributed by atoms with E-state index in [4.69, 9.17) is 9.29 Å². The van der Waals surface area contributed by atoms with Crippen molar-refractivity contribution in [2.45, 2.75) is 38.6 Å². The number of ether oxygens (including phenoxy) is 1. The molecule has 0 amide bonds. The van der Waals surface area contributed by atoms with Crippen LogP contribution in [0.4, 0.5) is 0 Å². The normalized spacial score (nSPS) is 12.4. The van der Waals surface area contributed by atoms with Crippen molar-refractivity contribution in [3.63, 3.8) is 0 Å². The van der Waals surface area contributed by atoms with Crippen molar-refractivity contribution in [1.29, 1.82) is 0 Å². The van der Waals surface area contributed by atoms with Crippen LogP contribution in [0, 0.1) is 0 Å². The summed E-state index contributed by atoms with van der Waals surface area (Å²) in [4.78, 5) is 0. The maximum Gasteiger partial charge on any atom is 0.264 e. The number of benzene rings is 1. The van der Waals surface area contributed by atoms with Gasteiger partial charge in [-0.05, 0) is 57.4 Å². The molecular weight excluding hydrogens is 290 g/mol. The highest BCUT2D eigenvalue weighted by atomic mass is 32.2. The van der Waals surface area contributed by atoms with Gasteiger partial charge in [0.1, 0.15) is 5.75 Å². The van der Waals surface area contributed by atoms with E-state index in [1.54, 1.807) is 7.11 Å². The highest BCUT2D eigenvalue weighted by Gasteiger charge is 2.16. The Kier molecular flexibility index (Phi) is 6.64. The maximum absolute atomic E-state index is 10.6. The third-order valence-corrected chi connectivity index (χ3v) is 4.18. The molecule has 0 heterocycles. The molecule has 0 fully saturated rings. The van der Waals surface area contributed by atoms with Crippen LogP contribution in [-0.4, -0.2) is 37.9 Å². The van der Waals surface area contributed by atoms with Crippen molar-refractivity contribution in [3.05, 3.63) is 29.8 Å². The molecule has 1 aromatic carbocycles. The fourth-order valence-electron chi connectivity index (χ4n) is 2.02. The minimum Gasteiger partial charge on any atom is -0.497 e. The SMILES string of the molecule is COc1ccc(CCC(C)(C)NCCCS(=O)(=O)O)cc1. The first kappa shape index (κ1) is 17.9. The molecule has 1 rings (SSSR count). The van der Waals surface area contributed by atoms with Crippen LogP contribution >= 0.6 is 0 Å². The summed E-state index contributed by atoms with van der Waals surface area (Å²) in [6.07, 6.45) is 2.28. The van der Waals surface area contributed by atoms with Gasteiger partial charge in [-0.3, -0.25) is 4.55 Å². The second-order valence-corrected chi connectivity index (χ2v) is 7.37. The summed E-state index contributed by atoms with van der Waals surface area (Å²) in [5.41, 5.74) is 1.16. The van der Waals surface area contributed by atoms with E-state index in [2.05, 4.69) is 19.2 Å². The molecule has 0 bridgehead atoms. The molecule has 1 aromatic rings. The Morgan fingerprint density at radius 3 is 2.38 bits per heavy atom. The Hall–Kier alpha value is -1.11. The summed E-state index contributed by atoms with van der Waals surface area (Å²) >= 11 is 0.